The summed E-state index contributed by atoms with van der Waals surface area (Å²) >= 11 is 0. The van der Waals surface area contributed by atoms with Crippen molar-refractivity contribution < 1.29 is 9.53 Å². The Morgan fingerprint density at radius 1 is 1.53 bits per heavy atom. The molecule has 1 rings (SSSR count). The van der Waals surface area contributed by atoms with Crippen LogP contribution in [0, 0.1) is 11.3 Å². The highest BCUT2D eigenvalue weighted by atomic mass is 16.5. The smallest absolute Gasteiger partial charge is 0.302 e. The Morgan fingerprint density at radius 3 is 2.68 bits per heavy atom. The Labute approximate surface area is 117 Å². The lowest BCUT2D eigenvalue weighted by molar-refractivity contribution is -0.140. The molecule has 0 bridgehead atoms. The second-order valence-corrected chi connectivity index (χ2v) is 6.17. The molecule has 2 nitrogen and oxygen atoms in total. The molecule has 1 atom stereocenters. The summed E-state index contributed by atoms with van der Waals surface area (Å²) in [5, 5.41) is 0. The summed E-state index contributed by atoms with van der Waals surface area (Å²) in [6.07, 6.45) is 9.03. The van der Waals surface area contributed by atoms with Gasteiger partial charge in [-0.15, -0.1) is 0 Å². The third kappa shape index (κ3) is 4.52. The van der Waals surface area contributed by atoms with Crippen LogP contribution in [0.1, 0.15) is 60.3 Å². The van der Waals surface area contributed by atoms with Crippen molar-refractivity contribution in [3.63, 3.8) is 0 Å². The molecule has 19 heavy (non-hydrogen) atoms. The fraction of sp³-hybridized carbons (Fsp3) is 0.706. The van der Waals surface area contributed by atoms with Crippen LogP contribution in [0.3, 0.4) is 0 Å². The van der Waals surface area contributed by atoms with Crippen LogP contribution in [0.5, 0.6) is 0 Å². The van der Waals surface area contributed by atoms with Gasteiger partial charge in [-0.25, -0.2) is 0 Å². The van der Waals surface area contributed by atoms with Crippen LogP contribution >= 0.6 is 0 Å². The van der Waals surface area contributed by atoms with Gasteiger partial charge < -0.3 is 4.74 Å². The van der Waals surface area contributed by atoms with Crippen molar-refractivity contribution in [1.82, 2.24) is 0 Å². The number of hydrogen-bond acceptors (Lipinski definition) is 2. The number of hydrogen-bond donors (Lipinski definition) is 0. The number of esters is 1. The second kappa shape index (κ2) is 6.93. The first-order valence-electron chi connectivity index (χ1n) is 7.36. The lowest BCUT2D eigenvalue weighted by Gasteiger charge is -2.29. The Hall–Kier alpha value is -1.05. The summed E-state index contributed by atoms with van der Waals surface area (Å²) in [7, 11) is 0. The van der Waals surface area contributed by atoms with Gasteiger partial charge in [-0.05, 0) is 43.1 Å². The quantitative estimate of drug-likeness (QED) is 0.515. The van der Waals surface area contributed by atoms with Crippen molar-refractivity contribution in [2.24, 2.45) is 11.3 Å². The summed E-state index contributed by atoms with van der Waals surface area (Å²) in [6, 6.07) is 0. The van der Waals surface area contributed by atoms with Crippen molar-refractivity contribution in [3.8, 4) is 0 Å². The largest absolute Gasteiger partial charge is 0.461 e. The highest BCUT2D eigenvalue weighted by Gasteiger charge is 2.33. The molecule has 0 saturated carbocycles. The van der Waals surface area contributed by atoms with E-state index in [2.05, 4.69) is 39.8 Å². The first-order valence-corrected chi connectivity index (χ1v) is 7.36. The molecule has 0 amide bonds. The van der Waals surface area contributed by atoms with E-state index in [0.717, 1.165) is 19.3 Å². The van der Waals surface area contributed by atoms with Gasteiger partial charge in [0.1, 0.15) is 6.61 Å². The Morgan fingerprint density at radius 2 is 2.21 bits per heavy atom. The van der Waals surface area contributed by atoms with Gasteiger partial charge in [-0.3, -0.25) is 4.79 Å². The summed E-state index contributed by atoms with van der Waals surface area (Å²) in [6.45, 7) is 11.0. The molecule has 0 aromatic carbocycles. The van der Waals surface area contributed by atoms with Gasteiger partial charge in [0.05, 0.1) is 0 Å². The van der Waals surface area contributed by atoms with Crippen molar-refractivity contribution in [1.29, 1.82) is 0 Å². The molecular formula is C17H28O2. The average molecular weight is 264 g/mol. The van der Waals surface area contributed by atoms with Crippen LogP contribution in [-0.4, -0.2) is 12.6 Å². The molecule has 0 N–H and O–H groups in total. The minimum absolute atomic E-state index is 0.194. The Kier molecular flexibility index (Phi) is 5.84. The second-order valence-electron chi connectivity index (χ2n) is 6.17. The van der Waals surface area contributed by atoms with Gasteiger partial charge in [-0.2, -0.15) is 0 Å². The van der Waals surface area contributed by atoms with E-state index in [-0.39, 0.29) is 5.97 Å². The van der Waals surface area contributed by atoms with Gasteiger partial charge >= 0.3 is 5.97 Å². The van der Waals surface area contributed by atoms with Crippen LogP contribution in [0.2, 0.25) is 0 Å². The predicted octanol–water partition coefficient (Wildman–Crippen LogP) is 4.66. The number of rotatable bonds is 6. The summed E-state index contributed by atoms with van der Waals surface area (Å²) in [4.78, 5) is 10.9. The van der Waals surface area contributed by atoms with Gasteiger partial charge in [0.2, 0.25) is 0 Å². The molecule has 0 aromatic heterocycles. The molecule has 1 unspecified atom stereocenters. The fourth-order valence-electron chi connectivity index (χ4n) is 2.65. The molecule has 1 aliphatic carbocycles. The van der Waals surface area contributed by atoms with E-state index < -0.39 is 0 Å². The number of allylic oxidation sites excluding steroid dienone is 3. The molecular weight excluding hydrogens is 236 g/mol. The molecule has 0 radical (unpaired) electrons. The topological polar surface area (TPSA) is 26.3 Å². The zero-order chi connectivity index (χ0) is 14.5. The third-order valence-corrected chi connectivity index (χ3v) is 4.47. The number of carbonyl (C=O) groups excluding carboxylic acids is 1. The van der Waals surface area contributed by atoms with E-state index in [4.69, 9.17) is 4.74 Å². The number of carbonyl (C=O) groups is 1. The van der Waals surface area contributed by atoms with Gasteiger partial charge in [0.25, 0.3) is 0 Å². The van der Waals surface area contributed by atoms with Crippen LogP contribution in [0.15, 0.2) is 23.3 Å². The molecule has 0 aliphatic heterocycles. The maximum absolute atomic E-state index is 10.9. The zero-order valence-corrected chi connectivity index (χ0v) is 13.1. The minimum atomic E-state index is -0.194. The zero-order valence-electron chi connectivity index (χ0n) is 13.1. The van der Waals surface area contributed by atoms with Crippen molar-refractivity contribution in [2.45, 2.75) is 60.3 Å². The SMILES string of the molecule is CCCC(=CCC1CC=C(C)C1(C)C)COC(C)=O. The molecule has 108 valence electrons. The molecule has 0 fully saturated rings. The van der Waals surface area contributed by atoms with E-state index in [1.165, 1.54) is 24.5 Å². The molecule has 1 aliphatic rings. The summed E-state index contributed by atoms with van der Waals surface area (Å²) < 4.78 is 5.12. The van der Waals surface area contributed by atoms with Crippen LogP contribution in [0.25, 0.3) is 0 Å². The maximum atomic E-state index is 10.9. The average Bonchev–Trinajstić information content (AvgIpc) is 2.58. The third-order valence-electron chi connectivity index (χ3n) is 4.47. The highest BCUT2D eigenvalue weighted by Crippen LogP contribution is 2.44. The van der Waals surface area contributed by atoms with Crippen LogP contribution in [0.4, 0.5) is 0 Å². The molecule has 0 heterocycles. The normalized spacial score (nSPS) is 22.3. The highest BCUT2D eigenvalue weighted by molar-refractivity contribution is 5.66. The predicted molar refractivity (Wildman–Crippen MR) is 79.9 cm³/mol. The summed E-state index contributed by atoms with van der Waals surface area (Å²) in [5.41, 5.74) is 3.07. The van der Waals surface area contributed by atoms with E-state index in [9.17, 15) is 4.79 Å². The monoisotopic (exact) mass is 264 g/mol. The number of ether oxygens (including phenoxy) is 1. The van der Waals surface area contributed by atoms with E-state index >= 15 is 0 Å². The van der Waals surface area contributed by atoms with Crippen molar-refractivity contribution in [3.05, 3.63) is 23.3 Å². The van der Waals surface area contributed by atoms with E-state index in [1.54, 1.807) is 0 Å². The molecule has 0 aromatic rings. The summed E-state index contributed by atoms with van der Waals surface area (Å²) in [5.74, 6) is 0.484. The first kappa shape index (κ1) is 16.0. The van der Waals surface area contributed by atoms with Gasteiger partial charge in [-0.1, -0.05) is 44.9 Å². The lowest BCUT2D eigenvalue weighted by atomic mass is 9.76. The Balaban J connectivity index is 2.58. The van der Waals surface area contributed by atoms with E-state index in [1.807, 2.05) is 0 Å². The van der Waals surface area contributed by atoms with E-state index in [0.29, 0.717) is 17.9 Å². The standard InChI is InChI=1S/C17H28O2/c1-6-7-15(12-19-14(3)18)9-11-16-10-8-13(2)17(16,4)5/h8-9,16H,6-7,10-12H2,1-5H3. The van der Waals surface area contributed by atoms with Gasteiger partial charge in [0.15, 0.2) is 0 Å². The fourth-order valence-corrected chi connectivity index (χ4v) is 2.65. The maximum Gasteiger partial charge on any atom is 0.302 e. The van der Waals surface area contributed by atoms with Crippen LogP contribution in [-0.2, 0) is 9.53 Å². The molecule has 0 spiro atoms. The molecule has 2 heteroatoms. The minimum Gasteiger partial charge on any atom is -0.461 e. The molecule has 0 saturated heterocycles. The Bertz CT molecular complexity index is 375. The van der Waals surface area contributed by atoms with Crippen molar-refractivity contribution >= 4 is 5.97 Å². The first-order chi connectivity index (χ1) is 8.87. The van der Waals surface area contributed by atoms with Gasteiger partial charge in [0, 0.05) is 6.92 Å². The van der Waals surface area contributed by atoms with Crippen LogP contribution < -0.4 is 0 Å². The van der Waals surface area contributed by atoms with Crippen molar-refractivity contribution in [2.75, 3.05) is 6.61 Å². The lowest BCUT2D eigenvalue weighted by Crippen LogP contribution is -2.20.